The van der Waals surface area contributed by atoms with Gasteiger partial charge in [-0.25, -0.2) is 0 Å². The Balaban J connectivity index is 1.49. The molecule has 0 radical (unpaired) electrons. The van der Waals surface area contributed by atoms with Gasteiger partial charge in [0, 0.05) is 6.42 Å². The third-order valence-corrected chi connectivity index (χ3v) is 15.1. The fourth-order valence-electron chi connectivity index (χ4n) is 10.1. The monoisotopic (exact) mass is 1120 g/mol. The highest BCUT2D eigenvalue weighted by molar-refractivity contribution is 5.76. The first kappa shape index (κ1) is 72.5. The molecule has 12 atom stereocenters. The van der Waals surface area contributed by atoms with Crippen LogP contribution in [0.4, 0.5) is 0 Å². The largest absolute Gasteiger partial charge is 0.394 e. The molecule has 14 heteroatoms. The Morgan fingerprint density at radius 3 is 1.34 bits per heavy atom. The lowest BCUT2D eigenvalue weighted by atomic mass is 9.97. The quantitative estimate of drug-likeness (QED) is 0.0204. The predicted molar refractivity (Wildman–Crippen MR) is 318 cm³/mol. The van der Waals surface area contributed by atoms with Gasteiger partial charge in [-0.3, -0.25) is 4.79 Å². The van der Waals surface area contributed by atoms with Crippen LogP contribution < -0.4 is 5.32 Å². The van der Waals surface area contributed by atoms with Crippen molar-refractivity contribution in [2.75, 3.05) is 19.8 Å². The number of hydrogen-bond donors (Lipinski definition) is 9. The van der Waals surface area contributed by atoms with E-state index in [9.17, 15) is 45.6 Å². The molecule has 2 aliphatic rings. The summed E-state index contributed by atoms with van der Waals surface area (Å²) in [7, 11) is 0. The molecule has 14 nitrogen and oxygen atoms in total. The molecule has 9 N–H and O–H groups in total. The van der Waals surface area contributed by atoms with E-state index in [0.717, 1.165) is 83.5 Å². The topological polar surface area (TPSA) is 228 Å². The summed E-state index contributed by atoms with van der Waals surface area (Å²) in [5.41, 5.74) is 0. The lowest BCUT2D eigenvalue weighted by molar-refractivity contribution is -0.359. The number of rotatable bonds is 50. The molecule has 1 amide bonds. The maximum atomic E-state index is 13.2. The van der Waals surface area contributed by atoms with Gasteiger partial charge in [0.2, 0.25) is 5.91 Å². The second kappa shape index (κ2) is 50.0. The summed E-state index contributed by atoms with van der Waals surface area (Å²) in [5.74, 6) is -0.244. The van der Waals surface area contributed by atoms with Crippen LogP contribution in [0.25, 0.3) is 0 Å². The fraction of sp³-hybridized carbons (Fsp3) is 0.800. The third-order valence-electron chi connectivity index (χ3n) is 15.1. The summed E-state index contributed by atoms with van der Waals surface area (Å²) in [5, 5.41) is 86.5. The number of hydrogen-bond acceptors (Lipinski definition) is 13. The maximum absolute atomic E-state index is 13.2. The number of amides is 1. The van der Waals surface area contributed by atoms with Gasteiger partial charge >= 0.3 is 0 Å². The Morgan fingerprint density at radius 1 is 0.468 bits per heavy atom. The highest BCUT2D eigenvalue weighted by Gasteiger charge is 2.51. The van der Waals surface area contributed by atoms with E-state index >= 15 is 0 Å². The van der Waals surface area contributed by atoms with E-state index < -0.39 is 86.8 Å². The summed E-state index contributed by atoms with van der Waals surface area (Å²) in [4.78, 5) is 13.2. The van der Waals surface area contributed by atoms with Gasteiger partial charge < -0.3 is 65.1 Å². The summed E-state index contributed by atoms with van der Waals surface area (Å²) < 4.78 is 22.6. The van der Waals surface area contributed by atoms with Crippen molar-refractivity contribution >= 4 is 5.91 Å². The normalized spacial score (nSPS) is 24.9. The lowest BCUT2D eigenvalue weighted by Gasteiger charge is -2.46. The molecule has 2 saturated heterocycles. The van der Waals surface area contributed by atoms with Crippen molar-refractivity contribution in [2.45, 2.75) is 312 Å². The Hall–Kier alpha value is -2.57. The smallest absolute Gasteiger partial charge is 0.220 e. The van der Waals surface area contributed by atoms with E-state index in [1.54, 1.807) is 6.08 Å². The summed E-state index contributed by atoms with van der Waals surface area (Å²) in [6.07, 6.45) is 50.4. The average molecular weight is 1120 g/mol. The predicted octanol–water partition coefficient (Wildman–Crippen LogP) is 11.5. The lowest BCUT2D eigenvalue weighted by Crippen LogP contribution is -2.65. The fourth-order valence-corrected chi connectivity index (χ4v) is 10.1. The number of ether oxygens (including phenoxy) is 4. The maximum Gasteiger partial charge on any atom is 0.220 e. The second-order valence-electron chi connectivity index (χ2n) is 22.2. The van der Waals surface area contributed by atoms with Gasteiger partial charge in [-0.2, -0.15) is 0 Å². The van der Waals surface area contributed by atoms with E-state index in [4.69, 9.17) is 18.9 Å². The minimum Gasteiger partial charge on any atom is -0.394 e. The zero-order chi connectivity index (χ0) is 57.4. The first-order valence-corrected chi connectivity index (χ1v) is 31.7. The van der Waals surface area contributed by atoms with Crippen LogP contribution in [-0.4, -0.2) is 140 Å². The van der Waals surface area contributed by atoms with Crippen LogP contribution >= 0.6 is 0 Å². The number of allylic oxidation sites excluding steroid dienone is 11. The zero-order valence-corrected chi connectivity index (χ0v) is 49.3. The molecule has 458 valence electrons. The van der Waals surface area contributed by atoms with Crippen molar-refractivity contribution in [2.24, 2.45) is 0 Å². The van der Waals surface area contributed by atoms with Gasteiger partial charge in [-0.15, -0.1) is 0 Å². The minimum absolute atomic E-state index is 0.244. The van der Waals surface area contributed by atoms with Gasteiger partial charge in [-0.1, -0.05) is 241 Å². The van der Waals surface area contributed by atoms with Gasteiger partial charge in [0.05, 0.1) is 32.0 Å². The molecule has 12 unspecified atom stereocenters. The molecule has 79 heavy (non-hydrogen) atoms. The van der Waals surface area contributed by atoms with Crippen LogP contribution in [0.3, 0.4) is 0 Å². The van der Waals surface area contributed by atoms with Gasteiger partial charge in [0.15, 0.2) is 12.6 Å². The summed E-state index contributed by atoms with van der Waals surface area (Å²) in [6, 6.07) is -0.911. The summed E-state index contributed by atoms with van der Waals surface area (Å²) in [6.45, 7) is 2.59. The van der Waals surface area contributed by atoms with Crippen LogP contribution in [0.1, 0.15) is 239 Å². The first-order valence-electron chi connectivity index (χ1n) is 31.7. The molecule has 0 aromatic carbocycles. The van der Waals surface area contributed by atoms with Crippen molar-refractivity contribution in [1.82, 2.24) is 5.32 Å². The van der Waals surface area contributed by atoms with Crippen molar-refractivity contribution < 1.29 is 64.6 Å². The number of aliphatic hydroxyl groups is 8. The molecule has 2 heterocycles. The van der Waals surface area contributed by atoms with E-state index in [-0.39, 0.29) is 18.9 Å². The van der Waals surface area contributed by atoms with E-state index in [0.29, 0.717) is 6.42 Å². The van der Waals surface area contributed by atoms with E-state index in [1.807, 2.05) is 6.08 Å². The molecule has 2 rings (SSSR count). The van der Waals surface area contributed by atoms with Gasteiger partial charge in [0.25, 0.3) is 0 Å². The first-order chi connectivity index (χ1) is 38.6. The molecule has 0 saturated carbocycles. The third kappa shape index (κ3) is 35.2. The Morgan fingerprint density at radius 2 is 0.873 bits per heavy atom. The Labute approximate surface area is 478 Å². The number of nitrogens with one attached hydrogen (secondary N) is 1. The van der Waals surface area contributed by atoms with Crippen molar-refractivity contribution in [3.8, 4) is 0 Å². The standard InChI is InChI=1S/C65H115NO13/c1-3-5-7-9-11-12-13-14-15-16-17-18-19-20-21-22-23-24-25-26-27-28-29-30-31-32-33-34-35-36-37-38-39-40-41-42-43-45-47-49-57(70)66-53(54(69)48-46-44-10-8-6-4-2)52-76-64-62(75)60(73)63(56(51-68)78-64)79-65-61(74)59(72)58(71)55(50-67)77-65/h5,7,11-12,14-15,17-18,20-21,46,48,53-56,58-65,67-69,71-75H,3-4,6,8-10,13,16,19,22-45,47,49-52H2,1-2H3,(H,66,70)/b7-5-,12-11-,15-14-,18-17-,21-20-,48-46+. The highest BCUT2D eigenvalue weighted by atomic mass is 16.7. The second-order valence-corrected chi connectivity index (χ2v) is 22.2. The molecule has 0 aromatic rings. The van der Waals surface area contributed by atoms with Gasteiger partial charge in [-0.05, 0) is 64.2 Å². The Kier molecular flexibility index (Phi) is 45.9. The van der Waals surface area contributed by atoms with E-state index in [2.05, 4.69) is 79.9 Å². The van der Waals surface area contributed by atoms with Crippen molar-refractivity contribution in [3.63, 3.8) is 0 Å². The molecule has 2 aliphatic heterocycles. The van der Waals surface area contributed by atoms with Crippen molar-refractivity contribution in [1.29, 1.82) is 0 Å². The van der Waals surface area contributed by atoms with Crippen LogP contribution in [0, 0.1) is 0 Å². The number of unbranched alkanes of at least 4 members (excludes halogenated alkanes) is 27. The number of carbonyl (C=O) groups is 1. The van der Waals surface area contributed by atoms with Crippen LogP contribution in [-0.2, 0) is 23.7 Å². The highest BCUT2D eigenvalue weighted by Crippen LogP contribution is 2.30. The number of carbonyl (C=O) groups excluding carboxylic acids is 1. The molecule has 0 aromatic heterocycles. The zero-order valence-electron chi connectivity index (χ0n) is 49.3. The van der Waals surface area contributed by atoms with Crippen LogP contribution in [0.15, 0.2) is 72.9 Å². The SMILES string of the molecule is CC/C=C\C/C=C\C/C=C\C/C=C\C/C=C\CCCCCCCCCCCCCCCCCCCCCCCCCC(=O)NC(COC1OC(CO)C(OC2OC(CO)C(O)C(O)C2O)C(O)C1O)C(O)/C=C/CCCCCC. The minimum atomic E-state index is -1.79. The van der Waals surface area contributed by atoms with Crippen LogP contribution in [0.2, 0.25) is 0 Å². The Bertz CT molecular complexity index is 1600. The molecule has 0 spiro atoms. The molecule has 0 bridgehead atoms. The summed E-state index contributed by atoms with van der Waals surface area (Å²) >= 11 is 0. The number of aliphatic hydroxyl groups excluding tert-OH is 8. The molecule has 0 aliphatic carbocycles. The van der Waals surface area contributed by atoms with E-state index in [1.165, 1.54) is 128 Å². The molecular formula is C65H115NO13. The average Bonchev–Trinajstić information content (AvgIpc) is 3.47. The van der Waals surface area contributed by atoms with Crippen molar-refractivity contribution in [3.05, 3.63) is 72.9 Å². The molecule has 2 fully saturated rings. The van der Waals surface area contributed by atoms with Crippen LogP contribution in [0.5, 0.6) is 0 Å². The molecular weight excluding hydrogens is 1000 g/mol. The van der Waals surface area contributed by atoms with Gasteiger partial charge in [0.1, 0.15) is 48.8 Å².